The molecule has 236 valence electrons. The molecular formula is C30H59N3O7. The second-order valence-electron chi connectivity index (χ2n) is 14.5. The monoisotopic (exact) mass is 573 g/mol. The first-order valence-electron chi connectivity index (χ1n) is 14.4. The van der Waals surface area contributed by atoms with Crippen LogP contribution in [0.3, 0.4) is 0 Å². The lowest BCUT2D eigenvalue weighted by atomic mass is 9.89. The van der Waals surface area contributed by atoms with Gasteiger partial charge in [0, 0.05) is 32.7 Å². The highest BCUT2D eigenvalue weighted by molar-refractivity contribution is 5.73. The summed E-state index contributed by atoms with van der Waals surface area (Å²) in [5.41, 5.74) is -2.17. The van der Waals surface area contributed by atoms with Gasteiger partial charge < -0.3 is 19.3 Å². The summed E-state index contributed by atoms with van der Waals surface area (Å²) in [5.74, 6) is -1.02. The maximum absolute atomic E-state index is 12.7. The second kappa shape index (κ2) is 16.0. The van der Waals surface area contributed by atoms with Crippen LogP contribution >= 0.6 is 0 Å². The van der Waals surface area contributed by atoms with E-state index in [1.54, 1.807) is 0 Å². The van der Waals surface area contributed by atoms with Crippen molar-refractivity contribution in [2.75, 3.05) is 58.9 Å². The predicted octanol–water partition coefficient (Wildman–Crippen LogP) is 3.34. The molecule has 0 aromatic carbocycles. The molecule has 0 aromatic heterocycles. The number of carbonyl (C=O) groups excluding carboxylic acids is 3. The quantitative estimate of drug-likeness (QED) is 0.231. The molecule has 10 heteroatoms. The zero-order valence-electron chi connectivity index (χ0n) is 27.7. The summed E-state index contributed by atoms with van der Waals surface area (Å²) < 4.78 is 16.6. The highest BCUT2D eigenvalue weighted by Gasteiger charge is 2.28. The Balaban J connectivity index is 5.61. The molecule has 10 nitrogen and oxygen atoms in total. The van der Waals surface area contributed by atoms with Crippen LogP contribution < -0.4 is 0 Å². The van der Waals surface area contributed by atoms with E-state index in [0.29, 0.717) is 32.7 Å². The number of carbonyl (C=O) groups is 3. The summed E-state index contributed by atoms with van der Waals surface area (Å²) in [6.45, 7) is 27.3. The van der Waals surface area contributed by atoms with Gasteiger partial charge in [0.15, 0.2) is 0 Å². The number of ether oxygens (including phenoxy) is 3. The van der Waals surface area contributed by atoms with Crippen LogP contribution in [-0.4, -0.2) is 120 Å². The Morgan fingerprint density at radius 2 is 0.875 bits per heavy atom. The van der Waals surface area contributed by atoms with E-state index in [-0.39, 0.29) is 49.5 Å². The highest BCUT2D eigenvalue weighted by atomic mass is 16.6. The van der Waals surface area contributed by atoms with Gasteiger partial charge in [0.05, 0.1) is 25.7 Å². The van der Waals surface area contributed by atoms with Crippen LogP contribution in [0.2, 0.25) is 0 Å². The maximum Gasteiger partial charge on any atom is 0.320 e. The molecule has 0 radical (unpaired) electrons. The Hall–Kier alpha value is -1.75. The normalized spacial score (nSPS) is 14.0. The minimum atomic E-state index is -0.668. The average Bonchev–Trinajstić information content (AvgIpc) is 2.69. The third-order valence-electron chi connectivity index (χ3n) is 5.66. The molecule has 0 fully saturated rings. The topological polar surface area (TPSA) is 109 Å². The summed E-state index contributed by atoms with van der Waals surface area (Å²) in [7, 11) is 0. The molecule has 0 aliphatic carbocycles. The van der Waals surface area contributed by atoms with Crippen LogP contribution in [0.5, 0.6) is 0 Å². The second-order valence-corrected chi connectivity index (χ2v) is 14.5. The van der Waals surface area contributed by atoms with Crippen molar-refractivity contribution in [2.24, 2.45) is 5.41 Å². The standard InChI is InChI=1S/C30H59N3O7/c1-14-31(20-24(35)38-28(5,6)7)15-16-32(21-25(36)39-29(8,9)10)17-18-33(19-23(34)27(2,3)4)22-26(37)40-30(11,12)13/h23,34H,14-22H2,1-13H3. The van der Waals surface area contributed by atoms with Crippen molar-refractivity contribution in [1.29, 1.82) is 0 Å². The number of rotatable bonds is 15. The van der Waals surface area contributed by atoms with Gasteiger partial charge in [0.1, 0.15) is 16.8 Å². The molecule has 0 aliphatic rings. The van der Waals surface area contributed by atoms with Gasteiger partial charge >= 0.3 is 17.9 Å². The van der Waals surface area contributed by atoms with E-state index in [9.17, 15) is 19.5 Å². The Labute approximate surface area is 243 Å². The van der Waals surface area contributed by atoms with E-state index in [2.05, 4.69) is 0 Å². The molecule has 1 N–H and O–H groups in total. The van der Waals surface area contributed by atoms with Crippen molar-refractivity contribution in [3.8, 4) is 0 Å². The van der Waals surface area contributed by atoms with Crippen LogP contribution in [0.15, 0.2) is 0 Å². The fourth-order valence-corrected chi connectivity index (χ4v) is 3.61. The zero-order chi connectivity index (χ0) is 31.5. The van der Waals surface area contributed by atoms with E-state index < -0.39 is 22.9 Å². The van der Waals surface area contributed by atoms with Crippen molar-refractivity contribution in [2.45, 2.75) is 113 Å². The minimum absolute atomic E-state index is 0.0183. The van der Waals surface area contributed by atoms with Crippen molar-refractivity contribution in [3.05, 3.63) is 0 Å². The Morgan fingerprint density at radius 1 is 0.575 bits per heavy atom. The number of hydrogen-bond acceptors (Lipinski definition) is 10. The van der Waals surface area contributed by atoms with E-state index in [1.807, 2.05) is 105 Å². The molecule has 0 spiro atoms. The van der Waals surface area contributed by atoms with Gasteiger partial charge in [0.2, 0.25) is 0 Å². The van der Waals surface area contributed by atoms with Crippen LogP contribution in [0.4, 0.5) is 0 Å². The van der Waals surface area contributed by atoms with Crippen molar-refractivity contribution < 1.29 is 33.7 Å². The molecule has 0 aromatic rings. The van der Waals surface area contributed by atoms with E-state index in [1.165, 1.54) is 0 Å². The molecule has 0 saturated heterocycles. The number of esters is 3. The molecule has 0 saturated carbocycles. The van der Waals surface area contributed by atoms with Crippen molar-refractivity contribution in [1.82, 2.24) is 14.7 Å². The number of aliphatic hydroxyl groups is 1. The Bertz CT molecular complexity index is 789. The van der Waals surface area contributed by atoms with E-state index >= 15 is 0 Å². The van der Waals surface area contributed by atoms with Gasteiger partial charge in [-0.15, -0.1) is 0 Å². The molecule has 0 amide bonds. The first-order valence-corrected chi connectivity index (χ1v) is 14.4. The molecular weight excluding hydrogens is 514 g/mol. The van der Waals surface area contributed by atoms with Crippen LogP contribution in [0.1, 0.15) is 90.0 Å². The molecule has 0 heterocycles. The van der Waals surface area contributed by atoms with Gasteiger partial charge in [-0.1, -0.05) is 27.7 Å². The first-order chi connectivity index (χ1) is 17.9. The van der Waals surface area contributed by atoms with E-state index in [0.717, 1.165) is 0 Å². The summed E-state index contributed by atoms with van der Waals surface area (Å²) in [6, 6.07) is 0. The fraction of sp³-hybridized carbons (Fsp3) is 0.900. The smallest absolute Gasteiger partial charge is 0.320 e. The number of likely N-dealkylation sites (N-methyl/N-ethyl adjacent to an activating group) is 1. The third-order valence-corrected chi connectivity index (χ3v) is 5.66. The largest absolute Gasteiger partial charge is 0.459 e. The highest BCUT2D eigenvalue weighted by Crippen LogP contribution is 2.20. The fourth-order valence-electron chi connectivity index (χ4n) is 3.61. The van der Waals surface area contributed by atoms with Crippen LogP contribution in [0, 0.1) is 5.41 Å². The lowest BCUT2D eigenvalue weighted by molar-refractivity contribution is -0.158. The first kappa shape index (κ1) is 38.2. The Morgan fingerprint density at radius 3 is 1.20 bits per heavy atom. The lowest BCUT2D eigenvalue weighted by Crippen LogP contribution is -2.48. The van der Waals surface area contributed by atoms with Gasteiger partial charge in [-0.05, 0) is 74.3 Å². The molecule has 0 bridgehead atoms. The van der Waals surface area contributed by atoms with Crippen molar-refractivity contribution in [3.63, 3.8) is 0 Å². The van der Waals surface area contributed by atoms with Crippen LogP contribution in [0.25, 0.3) is 0 Å². The maximum atomic E-state index is 12.7. The molecule has 1 unspecified atom stereocenters. The number of hydrogen-bond donors (Lipinski definition) is 1. The summed E-state index contributed by atoms with van der Waals surface area (Å²) in [4.78, 5) is 43.6. The average molecular weight is 574 g/mol. The van der Waals surface area contributed by atoms with Crippen molar-refractivity contribution >= 4 is 17.9 Å². The lowest BCUT2D eigenvalue weighted by Gasteiger charge is -2.34. The predicted molar refractivity (Wildman–Crippen MR) is 158 cm³/mol. The van der Waals surface area contributed by atoms with Gasteiger partial charge in [-0.2, -0.15) is 0 Å². The summed E-state index contributed by atoms with van der Waals surface area (Å²) in [5, 5.41) is 10.8. The third kappa shape index (κ3) is 20.2. The van der Waals surface area contributed by atoms with E-state index in [4.69, 9.17) is 14.2 Å². The Kier molecular flexibility index (Phi) is 15.3. The molecule has 0 aliphatic heterocycles. The zero-order valence-corrected chi connectivity index (χ0v) is 27.7. The minimum Gasteiger partial charge on any atom is -0.459 e. The summed E-state index contributed by atoms with van der Waals surface area (Å²) >= 11 is 0. The van der Waals surface area contributed by atoms with Crippen LogP contribution in [-0.2, 0) is 28.6 Å². The number of aliphatic hydroxyl groups excluding tert-OH is 1. The summed E-state index contributed by atoms with van der Waals surface area (Å²) in [6.07, 6.45) is -0.668. The van der Waals surface area contributed by atoms with Gasteiger partial charge in [-0.25, -0.2) is 0 Å². The molecule has 0 rings (SSSR count). The van der Waals surface area contributed by atoms with Gasteiger partial charge in [-0.3, -0.25) is 29.1 Å². The molecule has 1 atom stereocenters. The number of nitrogens with zero attached hydrogens (tertiary/aromatic N) is 3. The SMILES string of the molecule is CCN(CCN(CCN(CC(=O)OC(C)(C)C)CC(O)C(C)(C)C)CC(=O)OC(C)(C)C)CC(=O)OC(C)(C)C. The molecule has 40 heavy (non-hydrogen) atoms. The van der Waals surface area contributed by atoms with Gasteiger partial charge in [0.25, 0.3) is 0 Å².